The second-order valence-corrected chi connectivity index (χ2v) is 12.8. The molecule has 0 fully saturated rings. The molecule has 38 heavy (non-hydrogen) atoms. The number of thioether (sulfide) groups is 1. The number of hydrogen-bond acceptors (Lipinski definition) is 9. The maximum absolute atomic E-state index is 12.3. The second kappa shape index (κ2) is 11.4. The molecule has 0 saturated heterocycles. The third-order valence-electron chi connectivity index (χ3n) is 6.90. The average molecular weight is 553 g/mol. The molecule has 0 unspecified atom stereocenters. The van der Waals surface area contributed by atoms with E-state index < -0.39 is 9.84 Å². The van der Waals surface area contributed by atoms with E-state index in [2.05, 4.69) is 25.2 Å². The Balaban J connectivity index is 1.15. The molecule has 0 aliphatic carbocycles. The first-order valence-corrected chi connectivity index (χ1v) is 15.5. The van der Waals surface area contributed by atoms with E-state index in [1.807, 2.05) is 48.0 Å². The summed E-state index contributed by atoms with van der Waals surface area (Å²) in [5, 5.41) is 13.8. The minimum absolute atomic E-state index is 0.134. The summed E-state index contributed by atoms with van der Waals surface area (Å²) in [6.45, 7) is 6.40. The monoisotopic (exact) mass is 552 g/mol. The van der Waals surface area contributed by atoms with Gasteiger partial charge in [0.1, 0.15) is 0 Å². The van der Waals surface area contributed by atoms with Crippen LogP contribution in [0.1, 0.15) is 30.4 Å². The van der Waals surface area contributed by atoms with E-state index in [0.29, 0.717) is 16.6 Å². The molecule has 0 N–H and O–H groups in total. The number of hydrogen-bond donors (Lipinski definition) is 0. The number of fused-ring (bicyclic) bond motifs is 1. The Hall–Kier alpha value is -3.02. The summed E-state index contributed by atoms with van der Waals surface area (Å²) in [6, 6.07) is 13.6. The Kier molecular flexibility index (Phi) is 7.96. The van der Waals surface area contributed by atoms with Crippen molar-refractivity contribution >= 4 is 21.6 Å². The molecule has 0 amide bonds. The van der Waals surface area contributed by atoms with Gasteiger partial charge in [0.05, 0.1) is 10.6 Å². The topological polar surface area (TPSA) is 107 Å². The molecule has 0 spiro atoms. The van der Waals surface area contributed by atoms with E-state index in [4.69, 9.17) is 4.52 Å². The molecule has 1 aliphatic heterocycles. The van der Waals surface area contributed by atoms with Gasteiger partial charge >= 0.3 is 0 Å². The lowest BCUT2D eigenvalue weighted by Gasteiger charge is -2.19. The van der Waals surface area contributed by atoms with Crippen LogP contribution < -0.4 is 0 Å². The van der Waals surface area contributed by atoms with Crippen LogP contribution in [0.25, 0.3) is 22.8 Å². The van der Waals surface area contributed by atoms with Crippen molar-refractivity contribution in [3.05, 3.63) is 59.5 Å². The van der Waals surface area contributed by atoms with Crippen LogP contribution in [-0.2, 0) is 29.7 Å². The molecular weight excluding hydrogens is 520 g/mol. The van der Waals surface area contributed by atoms with Gasteiger partial charge in [-0.05, 0) is 55.1 Å². The van der Waals surface area contributed by atoms with Crippen molar-refractivity contribution in [2.24, 2.45) is 7.05 Å². The number of nitrogens with zero attached hydrogens (tertiary/aromatic N) is 6. The Morgan fingerprint density at radius 1 is 1.03 bits per heavy atom. The van der Waals surface area contributed by atoms with E-state index in [1.165, 1.54) is 11.1 Å². The molecule has 2 aromatic carbocycles. The summed E-state index contributed by atoms with van der Waals surface area (Å²) in [7, 11) is -1.19. The van der Waals surface area contributed by atoms with Crippen LogP contribution in [0.2, 0.25) is 0 Å². The lowest BCUT2D eigenvalue weighted by Crippen LogP contribution is -2.27. The summed E-state index contributed by atoms with van der Waals surface area (Å²) in [5.74, 6) is 2.96. The molecule has 1 aliphatic rings. The van der Waals surface area contributed by atoms with Crippen molar-refractivity contribution in [1.29, 1.82) is 0 Å². The molecule has 0 radical (unpaired) electrons. The first-order valence-electron chi connectivity index (χ1n) is 12.8. The zero-order chi connectivity index (χ0) is 26.7. The first-order chi connectivity index (χ1) is 18.3. The number of aryl methyl sites for hydroxylation is 1. The van der Waals surface area contributed by atoms with Crippen molar-refractivity contribution in [3.8, 4) is 22.8 Å². The minimum atomic E-state index is -3.17. The Morgan fingerprint density at radius 2 is 1.82 bits per heavy atom. The Bertz CT molecular complexity index is 1530. The van der Waals surface area contributed by atoms with Crippen LogP contribution in [0.5, 0.6) is 0 Å². The largest absolute Gasteiger partial charge is 0.339 e. The van der Waals surface area contributed by atoms with Gasteiger partial charge in [0.25, 0.3) is 0 Å². The standard InChI is InChI=1S/C27H32N6O3S2/c1-4-38(34,35)24-10-9-20-11-14-33(15-12-21(20)18-24)13-6-16-37-27-30-29-26(32(27)3)23-8-5-7-22(17-23)25-28-19(2)36-31-25/h5,7-10,17-18H,4,6,11-16H2,1-3H3. The molecule has 0 saturated carbocycles. The molecule has 11 heteroatoms. The van der Waals surface area contributed by atoms with Gasteiger partial charge < -0.3 is 14.0 Å². The molecule has 3 heterocycles. The smallest absolute Gasteiger partial charge is 0.223 e. The van der Waals surface area contributed by atoms with Gasteiger partial charge in [-0.2, -0.15) is 4.98 Å². The molecular formula is C27H32N6O3S2. The van der Waals surface area contributed by atoms with Gasteiger partial charge in [-0.25, -0.2) is 8.42 Å². The number of sulfone groups is 1. The van der Waals surface area contributed by atoms with Crippen LogP contribution in [0, 0.1) is 6.92 Å². The highest BCUT2D eigenvalue weighted by Crippen LogP contribution is 2.27. The van der Waals surface area contributed by atoms with Crippen molar-refractivity contribution in [1.82, 2.24) is 29.8 Å². The zero-order valence-corrected chi connectivity index (χ0v) is 23.6. The lowest BCUT2D eigenvalue weighted by molar-refractivity contribution is 0.289. The number of benzene rings is 2. The third-order valence-corrected chi connectivity index (χ3v) is 9.74. The molecule has 4 aromatic rings. The molecule has 9 nitrogen and oxygen atoms in total. The van der Waals surface area contributed by atoms with Crippen molar-refractivity contribution in [2.75, 3.05) is 31.1 Å². The molecule has 5 rings (SSSR count). The van der Waals surface area contributed by atoms with E-state index in [9.17, 15) is 8.42 Å². The highest BCUT2D eigenvalue weighted by Gasteiger charge is 2.18. The second-order valence-electron chi connectivity index (χ2n) is 9.46. The average Bonchev–Trinajstić information content (AvgIpc) is 3.46. The SMILES string of the molecule is CCS(=O)(=O)c1ccc2c(c1)CCN(CCCSc1nnc(-c3cccc(-c4noc(C)n4)c3)n1C)CC2. The first kappa shape index (κ1) is 26.6. The maximum Gasteiger partial charge on any atom is 0.223 e. The molecule has 200 valence electrons. The van der Waals surface area contributed by atoms with Crippen molar-refractivity contribution < 1.29 is 12.9 Å². The summed E-state index contributed by atoms with van der Waals surface area (Å²) in [6.07, 6.45) is 2.86. The normalized spacial score (nSPS) is 14.4. The molecule has 0 atom stereocenters. The molecule has 2 aromatic heterocycles. The van der Waals surface area contributed by atoms with Gasteiger partial charge in [-0.1, -0.05) is 48.1 Å². The fraction of sp³-hybridized carbons (Fsp3) is 0.407. The Morgan fingerprint density at radius 3 is 2.58 bits per heavy atom. The van der Waals surface area contributed by atoms with E-state index >= 15 is 0 Å². The highest BCUT2D eigenvalue weighted by atomic mass is 32.2. The summed E-state index contributed by atoms with van der Waals surface area (Å²) in [4.78, 5) is 7.23. The van der Waals surface area contributed by atoms with Gasteiger partial charge in [0.15, 0.2) is 20.8 Å². The summed E-state index contributed by atoms with van der Waals surface area (Å²) >= 11 is 1.71. The summed E-state index contributed by atoms with van der Waals surface area (Å²) < 4.78 is 31.7. The number of aromatic nitrogens is 5. The van der Waals surface area contributed by atoms with Gasteiger partial charge in [-0.15, -0.1) is 10.2 Å². The predicted molar refractivity (Wildman–Crippen MR) is 148 cm³/mol. The third kappa shape index (κ3) is 5.84. The van der Waals surface area contributed by atoms with Gasteiger partial charge in [0, 0.05) is 43.9 Å². The van der Waals surface area contributed by atoms with Crippen molar-refractivity contribution in [3.63, 3.8) is 0 Å². The molecule has 0 bridgehead atoms. The van der Waals surface area contributed by atoms with Gasteiger partial charge in [0.2, 0.25) is 11.7 Å². The predicted octanol–water partition coefficient (Wildman–Crippen LogP) is 4.22. The van der Waals surface area contributed by atoms with E-state index in [1.54, 1.807) is 31.7 Å². The lowest BCUT2D eigenvalue weighted by atomic mass is 10.0. The zero-order valence-electron chi connectivity index (χ0n) is 21.9. The minimum Gasteiger partial charge on any atom is -0.339 e. The maximum atomic E-state index is 12.3. The fourth-order valence-electron chi connectivity index (χ4n) is 4.69. The Labute approximate surface area is 227 Å². The number of rotatable bonds is 9. The quantitative estimate of drug-likeness (QED) is 0.223. The summed E-state index contributed by atoms with van der Waals surface area (Å²) in [5.41, 5.74) is 4.26. The van der Waals surface area contributed by atoms with E-state index in [-0.39, 0.29) is 5.75 Å². The van der Waals surface area contributed by atoms with Crippen LogP contribution in [0.3, 0.4) is 0 Å². The van der Waals surface area contributed by atoms with Crippen LogP contribution in [0.15, 0.2) is 57.0 Å². The fourth-order valence-corrected chi connectivity index (χ4v) is 6.45. The van der Waals surface area contributed by atoms with Gasteiger partial charge in [-0.3, -0.25) is 0 Å². The van der Waals surface area contributed by atoms with Crippen LogP contribution >= 0.6 is 11.8 Å². The van der Waals surface area contributed by atoms with Crippen LogP contribution in [0.4, 0.5) is 0 Å². The highest BCUT2D eigenvalue weighted by molar-refractivity contribution is 7.99. The van der Waals surface area contributed by atoms with E-state index in [0.717, 1.165) is 66.8 Å². The van der Waals surface area contributed by atoms with Crippen molar-refractivity contribution in [2.45, 2.75) is 43.2 Å². The van der Waals surface area contributed by atoms with Crippen LogP contribution in [-0.4, -0.2) is 69.4 Å².